The number of carbonyl (C=O) groups excluding carboxylic acids is 1. The minimum Gasteiger partial charge on any atom is -0.334 e. The van der Waals surface area contributed by atoms with Crippen LogP contribution in [0, 0.1) is 5.41 Å². The van der Waals surface area contributed by atoms with Gasteiger partial charge in [0.25, 0.3) is 0 Å². The van der Waals surface area contributed by atoms with Crippen molar-refractivity contribution in [3.05, 3.63) is 30.4 Å². The van der Waals surface area contributed by atoms with Gasteiger partial charge >= 0.3 is 0 Å². The van der Waals surface area contributed by atoms with Gasteiger partial charge in [0.05, 0.1) is 17.4 Å². The molecular weight excluding hydrogens is 314 g/mol. The lowest BCUT2D eigenvalue weighted by Gasteiger charge is -2.31. The quantitative estimate of drug-likeness (QED) is 0.854. The third-order valence-corrected chi connectivity index (χ3v) is 4.59. The zero-order valence-corrected chi connectivity index (χ0v) is 15.6. The second-order valence-corrected chi connectivity index (χ2v) is 7.64. The topological polar surface area (TPSA) is 63.9 Å². The Morgan fingerprint density at radius 1 is 1.24 bits per heavy atom. The number of likely N-dealkylation sites (tertiary alicyclic amines) is 1. The second-order valence-electron chi connectivity index (χ2n) is 7.64. The highest BCUT2D eigenvalue weighted by atomic mass is 16.2. The SMILES string of the molecule is CCCn1nccc1-c1nccnc1[C@H]1CCCN1C(=O)C(C)(C)C. The van der Waals surface area contributed by atoms with E-state index in [2.05, 4.69) is 22.0 Å². The molecular formula is C19H27N5O. The molecule has 1 aliphatic rings. The summed E-state index contributed by atoms with van der Waals surface area (Å²) in [6, 6.07) is 1.97. The van der Waals surface area contributed by atoms with Gasteiger partial charge in [-0.2, -0.15) is 5.10 Å². The van der Waals surface area contributed by atoms with Gasteiger partial charge < -0.3 is 4.90 Å². The van der Waals surface area contributed by atoms with Crippen molar-refractivity contribution in [3.63, 3.8) is 0 Å². The van der Waals surface area contributed by atoms with Gasteiger partial charge in [-0.15, -0.1) is 0 Å². The minimum absolute atomic E-state index is 0.0135. The Bertz CT molecular complexity index is 746. The fraction of sp³-hybridized carbons (Fsp3) is 0.579. The van der Waals surface area contributed by atoms with Crippen molar-refractivity contribution in [1.29, 1.82) is 0 Å². The summed E-state index contributed by atoms with van der Waals surface area (Å²) in [6.45, 7) is 9.66. The maximum atomic E-state index is 12.9. The molecule has 1 aliphatic heterocycles. The molecule has 3 heterocycles. The molecule has 2 aromatic rings. The summed E-state index contributed by atoms with van der Waals surface area (Å²) >= 11 is 0. The molecule has 1 amide bonds. The zero-order valence-electron chi connectivity index (χ0n) is 15.6. The van der Waals surface area contributed by atoms with Crippen molar-refractivity contribution in [3.8, 4) is 11.4 Å². The van der Waals surface area contributed by atoms with E-state index in [1.807, 2.05) is 36.4 Å². The van der Waals surface area contributed by atoms with E-state index in [-0.39, 0.29) is 11.9 Å². The van der Waals surface area contributed by atoms with Gasteiger partial charge in [-0.1, -0.05) is 27.7 Å². The van der Waals surface area contributed by atoms with Crippen molar-refractivity contribution in [2.75, 3.05) is 6.54 Å². The highest BCUT2D eigenvalue weighted by Gasteiger charge is 2.37. The Labute approximate surface area is 149 Å². The van der Waals surface area contributed by atoms with Crippen molar-refractivity contribution < 1.29 is 4.79 Å². The van der Waals surface area contributed by atoms with Crippen molar-refractivity contribution in [1.82, 2.24) is 24.6 Å². The van der Waals surface area contributed by atoms with E-state index in [1.165, 1.54) is 0 Å². The Morgan fingerprint density at radius 3 is 2.72 bits per heavy atom. The third-order valence-electron chi connectivity index (χ3n) is 4.59. The van der Waals surface area contributed by atoms with Gasteiger partial charge in [-0.05, 0) is 25.3 Å². The fourth-order valence-electron chi connectivity index (χ4n) is 3.44. The van der Waals surface area contributed by atoms with Crippen LogP contribution in [-0.4, -0.2) is 37.1 Å². The monoisotopic (exact) mass is 341 g/mol. The molecule has 6 nitrogen and oxygen atoms in total. The van der Waals surface area contributed by atoms with E-state index in [4.69, 9.17) is 0 Å². The standard InChI is InChI=1S/C19H27N5O/c1-5-12-24-15(8-9-22-24)17-16(20-10-11-21-17)14-7-6-13-23(14)18(25)19(2,3)4/h8-11,14H,5-7,12-13H2,1-4H3/t14-/m1/s1. The van der Waals surface area contributed by atoms with Crippen molar-refractivity contribution in [2.45, 2.75) is 59.5 Å². The Kier molecular flexibility index (Phi) is 4.88. The smallest absolute Gasteiger partial charge is 0.228 e. The molecule has 0 N–H and O–H groups in total. The van der Waals surface area contributed by atoms with Crippen LogP contribution in [0.5, 0.6) is 0 Å². The number of aryl methyl sites for hydroxylation is 1. The first-order valence-electron chi connectivity index (χ1n) is 9.07. The maximum Gasteiger partial charge on any atom is 0.228 e. The number of nitrogens with zero attached hydrogens (tertiary/aromatic N) is 5. The van der Waals surface area contributed by atoms with Gasteiger partial charge in [0.1, 0.15) is 5.69 Å². The van der Waals surface area contributed by atoms with Gasteiger partial charge in [-0.3, -0.25) is 19.4 Å². The van der Waals surface area contributed by atoms with Crippen LogP contribution in [0.15, 0.2) is 24.7 Å². The zero-order chi connectivity index (χ0) is 18.0. The van der Waals surface area contributed by atoms with E-state index in [9.17, 15) is 4.79 Å². The highest BCUT2D eigenvalue weighted by Crippen LogP contribution is 2.37. The van der Waals surface area contributed by atoms with Crippen LogP contribution in [0.25, 0.3) is 11.4 Å². The molecule has 0 spiro atoms. The molecule has 134 valence electrons. The molecule has 1 saturated heterocycles. The molecule has 2 aromatic heterocycles. The normalized spacial score (nSPS) is 17.9. The number of amides is 1. The summed E-state index contributed by atoms with van der Waals surface area (Å²) in [5.74, 6) is 0.175. The van der Waals surface area contributed by atoms with Crippen LogP contribution in [0.2, 0.25) is 0 Å². The predicted molar refractivity (Wildman–Crippen MR) is 96.7 cm³/mol. The highest BCUT2D eigenvalue weighted by molar-refractivity contribution is 5.82. The van der Waals surface area contributed by atoms with Crippen molar-refractivity contribution in [2.24, 2.45) is 5.41 Å². The van der Waals surface area contributed by atoms with Gasteiger partial charge in [-0.25, -0.2) is 0 Å². The van der Waals surface area contributed by atoms with E-state index >= 15 is 0 Å². The summed E-state index contributed by atoms with van der Waals surface area (Å²) in [6.07, 6.45) is 8.16. The summed E-state index contributed by atoms with van der Waals surface area (Å²) in [5, 5.41) is 4.41. The van der Waals surface area contributed by atoms with E-state index in [0.717, 1.165) is 49.4 Å². The summed E-state index contributed by atoms with van der Waals surface area (Å²) < 4.78 is 1.97. The van der Waals surface area contributed by atoms with E-state index < -0.39 is 5.41 Å². The number of hydrogen-bond donors (Lipinski definition) is 0. The summed E-state index contributed by atoms with van der Waals surface area (Å²) in [5.41, 5.74) is 2.30. The molecule has 0 radical (unpaired) electrons. The Morgan fingerprint density at radius 2 is 2.00 bits per heavy atom. The maximum absolute atomic E-state index is 12.9. The number of rotatable bonds is 4. The third kappa shape index (κ3) is 3.43. The molecule has 3 rings (SSSR count). The van der Waals surface area contributed by atoms with Gasteiger partial charge in [0, 0.05) is 37.1 Å². The lowest BCUT2D eigenvalue weighted by atomic mass is 9.94. The average Bonchev–Trinajstić information content (AvgIpc) is 3.22. The predicted octanol–water partition coefficient (Wildman–Crippen LogP) is 3.46. The van der Waals surface area contributed by atoms with Crippen LogP contribution in [0.4, 0.5) is 0 Å². The van der Waals surface area contributed by atoms with Crippen molar-refractivity contribution >= 4 is 5.91 Å². The largest absolute Gasteiger partial charge is 0.334 e. The number of carbonyl (C=O) groups is 1. The lowest BCUT2D eigenvalue weighted by molar-refractivity contribution is -0.140. The summed E-state index contributed by atoms with van der Waals surface area (Å²) in [4.78, 5) is 24.1. The van der Waals surface area contributed by atoms with Crippen LogP contribution >= 0.6 is 0 Å². The second kappa shape index (κ2) is 6.94. The minimum atomic E-state index is -0.394. The molecule has 0 bridgehead atoms. The van der Waals surface area contributed by atoms with E-state index in [1.54, 1.807) is 18.6 Å². The molecule has 0 aromatic carbocycles. The molecule has 6 heteroatoms. The van der Waals surface area contributed by atoms with Crippen LogP contribution < -0.4 is 0 Å². The van der Waals surface area contributed by atoms with Crippen LogP contribution in [0.3, 0.4) is 0 Å². The summed E-state index contributed by atoms with van der Waals surface area (Å²) in [7, 11) is 0. The molecule has 1 atom stereocenters. The molecule has 0 aliphatic carbocycles. The molecule has 1 fully saturated rings. The van der Waals surface area contributed by atoms with Crippen LogP contribution in [-0.2, 0) is 11.3 Å². The first-order valence-corrected chi connectivity index (χ1v) is 9.07. The van der Waals surface area contributed by atoms with Gasteiger partial charge in [0.15, 0.2) is 0 Å². The Hall–Kier alpha value is -2.24. The first-order chi connectivity index (χ1) is 11.9. The molecule has 0 unspecified atom stereocenters. The van der Waals surface area contributed by atoms with E-state index in [0.29, 0.717) is 0 Å². The number of aromatic nitrogens is 4. The Balaban J connectivity index is 2.01. The first kappa shape index (κ1) is 17.6. The average molecular weight is 341 g/mol. The fourth-order valence-corrected chi connectivity index (χ4v) is 3.44. The molecule has 0 saturated carbocycles. The van der Waals surface area contributed by atoms with Gasteiger partial charge in [0.2, 0.25) is 5.91 Å². The lowest BCUT2D eigenvalue weighted by Crippen LogP contribution is -2.39. The number of hydrogen-bond acceptors (Lipinski definition) is 4. The molecule has 25 heavy (non-hydrogen) atoms. The van der Waals surface area contributed by atoms with Crippen LogP contribution in [0.1, 0.15) is 58.7 Å².